The lowest BCUT2D eigenvalue weighted by molar-refractivity contribution is 0.393. The molecule has 3 heteroatoms. The van der Waals surface area contributed by atoms with Gasteiger partial charge in [0.1, 0.15) is 0 Å². The summed E-state index contributed by atoms with van der Waals surface area (Å²) in [5.74, 6) is 0.765. The maximum absolute atomic E-state index is 4.28. The molecule has 1 aromatic heterocycles. The van der Waals surface area contributed by atoms with E-state index in [4.69, 9.17) is 0 Å². The van der Waals surface area contributed by atoms with E-state index in [1.54, 1.807) is 0 Å². The summed E-state index contributed by atoms with van der Waals surface area (Å²) in [7, 11) is 0. The van der Waals surface area contributed by atoms with Gasteiger partial charge in [-0.1, -0.05) is 0 Å². The highest BCUT2D eigenvalue weighted by Crippen LogP contribution is 2.16. The Kier molecular flexibility index (Phi) is 3.78. The normalized spacial score (nSPS) is 20.8. The molecule has 1 aliphatic heterocycles. The number of aromatic nitrogens is 1. The third-order valence-corrected chi connectivity index (χ3v) is 3.22. The summed E-state index contributed by atoms with van der Waals surface area (Å²) in [5, 5.41) is 6.99. The second-order valence-electron chi connectivity index (χ2n) is 4.73. The summed E-state index contributed by atoms with van der Waals surface area (Å²) in [4.78, 5) is 4.28. The van der Waals surface area contributed by atoms with Crippen LogP contribution in [0.2, 0.25) is 0 Å². The highest BCUT2D eigenvalue weighted by molar-refractivity contribution is 5.50. The third kappa shape index (κ3) is 2.95. The SMILES string of the molecule is Cc1cc(NCC2CCCNC2)c(C)cn1. The van der Waals surface area contributed by atoms with E-state index in [1.165, 1.54) is 30.6 Å². The molecule has 16 heavy (non-hydrogen) atoms. The molecule has 1 aromatic rings. The minimum atomic E-state index is 0.765. The summed E-state index contributed by atoms with van der Waals surface area (Å²) in [5.41, 5.74) is 3.54. The van der Waals surface area contributed by atoms with Crippen molar-refractivity contribution in [3.63, 3.8) is 0 Å². The number of aryl methyl sites for hydroxylation is 2. The van der Waals surface area contributed by atoms with Crippen molar-refractivity contribution < 1.29 is 0 Å². The van der Waals surface area contributed by atoms with Crippen LogP contribution in [0.15, 0.2) is 12.3 Å². The van der Waals surface area contributed by atoms with Crippen LogP contribution < -0.4 is 10.6 Å². The number of piperidine rings is 1. The van der Waals surface area contributed by atoms with Crippen LogP contribution in [0.3, 0.4) is 0 Å². The molecule has 2 rings (SSSR count). The largest absolute Gasteiger partial charge is 0.384 e. The average Bonchev–Trinajstić information content (AvgIpc) is 2.32. The zero-order chi connectivity index (χ0) is 11.4. The van der Waals surface area contributed by atoms with Crippen molar-refractivity contribution in [2.45, 2.75) is 26.7 Å². The summed E-state index contributed by atoms with van der Waals surface area (Å²) in [6.07, 6.45) is 4.58. The molecule has 0 spiro atoms. The molecule has 88 valence electrons. The van der Waals surface area contributed by atoms with Crippen molar-refractivity contribution in [1.29, 1.82) is 0 Å². The number of pyridine rings is 1. The first-order chi connectivity index (χ1) is 7.75. The van der Waals surface area contributed by atoms with Gasteiger partial charge in [0.15, 0.2) is 0 Å². The van der Waals surface area contributed by atoms with Gasteiger partial charge in [-0.05, 0) is 57.3 Å². The average molecular weight is 219 g/mol. The highest BCUT2D eigenvalue weighted by atomic mass is 14.9. The van der Waals surface area contributed by atoms with E-state index >= 15 is 0 Å². The molecule has 3 nitrogen and oxygen atoms in total. The summed E-state index contributed by atoms with van der Waals surface area (Å²) in [6.45, 7) is 7.54. The Morgan fingerprint density at radius 2 is 2.38 bits per heavy atom. The Morgan fingerprint density at radius 1 is 1.50 bits per heavy atom. The number of hydrogen-bond donors (Lipinski definition) is 2. The summed E-state index contributed by atoms with van der Waals surface area (Å²) >= 11 is 0. The van der Waals surface area contributed by atoms with Gasteiger partial charge in [-0.3, -0.25) is 4.98 Å². The second kappa shape index (κ2) is 5.30. The predicted octanol–water partition coefficient (Wildman–Crippen LogP) is 2.11. The van der Waals surface area contributed by atoms with E-state index in [2.05, 4.69) is 28.6 Å². The molecule has 1 fully saturated rings. The van der Waals surface area contributed by atoms with Crippen LogP contribution in [0, 0.1) is 19.8 Å². The Balaban J connectivity index is 1.90. The fraction of sp³-hybridized carbons (Fsp3) is 0.615. The lowest BCUT2D eigenvalue weighted by Gasteiger charge is -2.23. The molecule has 0 saturated carbocycles. The van der Waals surface area contributed by atoms with Gasteiger partial charge in [0.05, 0.1) is 0 Å². The zero-order valence-corrected chi connectivity index (χ0v) is 10.2. The van der Waals surface area contributed by atoms with Crippen LogP contribution in [-0.4, -0.2) is 24.6 Å². The Labute approximate surface area is 97.7 Å². The van der Waals surface area contributed by atoms with Crippen molar-refractivity contribution in [1.82, 2.24) is 10.3 Å². The van der Waals surface area contributed by atoms with E-state index in [-0.39, 0.29) is 0 Å². The van der Waals surface area contributed by atoms with Crippen molar-refractivity contribution >= 4 is 5.69 Å². The maximum atomic E-state index is 4.28. The number of nitrogens with zero attached hydrogens (tertiary/aromatic N) is 1. The number of rotatable bonds is 3. The standard InChI is InChI=1S/C13H21N3/c1-10-7-15-11(2)6-13(10)16-9-12-4-3-5-14-8-12/h6-7,12,14H,3-5,8-9H2,1-2H3,(H,15,16). The molecule has 0 amide bonds. The van der Waals surface area contributed by atoms with E-state index in [1.807, 2.05) is 13.1 Å². The van der Waals surface area contributed by atoms with E-state index < -0.39 is 0 Å². The number of hydrogen-bond acceptors (Lipinski definition) is 3. The van der Waals surface area contributed by atoms with Crippen LogP contribution in [0.25, 0.3) is 0 Å². The smallest absolute Gasteiger partial charge is 0.0403 e. The van der Waals surface area contributed by atoms with Crippen LogP contribution in [0.4, 0.5) is 5.69 Å². The minimum absolute atomic E-state index is 0.765. The molecule has 2 N–H and O–H groups in total. The zero-order valence-electron chi connectivity index (χ0n) is 10.2. The molecule has 0 aliphatic carbocycles. The molecule has 1 aliphatic rings. The third-order valence-electron chi connectivity index (χ3n) is 3.22. The van der Waals surface area contributed by atoms with Gasteiger partial charge in [0, 0.05) is 24.1 Å². The molecule has 2 heterocycles. The molecule has 0 radical (unpaired) electrons. The Morgan fingerprint density at radius 3 is 3.12 bits per heavy atom. The molecular formula is C13H21N3. The molecular weight excluding hydrogens is 198 g/mol. The summed E-state index contributed by atoms with van der Waals surface area (Å²) < 4.78 is 0. The van der Waals surface area contributed by atoms with E-state index in [0.717, 1.165) is 24.7 Å². The van der Waals surface area contributed by atoms with Crippen molar-refractivity contribution in [3.8, 4) is 0 Å². The van der Waals surface area contributed by atoms with Gasteiger partial charge >= 0.3 is 0 Å². The van der Waals surface area contributed by atoms with Crippen LogP contribution >= 0.6 is 0 Å². The molecule has 0 bridgehead atoms. The van der Waals surface area contributed by atoms with E-state index in [9.17, 15) is 0 Å². The van der Waals surface area contributed by atoms with Crippen LogP contribution in [-0.2, 0) is 0 Å². The first kappa shape index (κ1) is 11.4. The molecule has 0 aromatic carbocycles. The first-order valence-electron chi connectivity index (χ1n) is 6.13. The van der Waals surface area contributed by atoms with Gasteiger partial charge in [-0.2, -0.15) is 0 Å². The summed E-state index contributed by atoms with van der Waals surface area (Å²) in [6, 6.07) is 2.13. The van der Waals surface area contributed by atoms with E-state index in [0.29, 0.717) is 0 Å². The Bertz CT molecular complexity index is 343. The quantitative estimate of drug-likeness (QED) is 0.817. The predicted molar refractivity (Wildman–Crippen MR) is 67.8 cm³/mol. The fourth-order valence-corrected chi connectivity index (χ4v) is 2.17. The number of nitrogens with one attached hydrogen (secondary N) is 2. The minimum Gasteiger partial charge on any atom is -0.384 e. The van der Waals surface area contributed by atoms with Crippen molar-refractivity contribution in [3.05, 3.63) is 23.5 Å². The second-order valence-corrected chi connectivity index (χ2v) is 4.73. The van der Waals surface area contributed by atoms with Crippen molar-refractivity contribution in [2.75, 3.05) is 25.0 Å². The topological polar surface area (TPSA) is 37.0 Å². The molecule has 1 unspecified atom stereocenters. The monoisotopic (exact) mass is 219 g/mol. The first-order valence-corrected chi connectivity index (χ1v) is 6.13. The highest BCUT2D eigenvalue weighted by Gasteiger charge is 2.12. The lowest BCUT2D eigenvalue weighted by Crippen LogP contribution is -2.33. The van der Waals surface area contributed by atoms with Crippen molar-refractivity contribution in [2.24, 2.45) is 5.92 Å². The van der Waals surface area contributed by atoms with Crippen LogP contribution in [0.5, 0.6) is 0 Å². The van der Waals surface area contributed by atoms with Gasteiger partial charge in [-0.25, -0.2) is 0 Å². The number of anilines is 1. The maximum Gasteiger partial charge on any atom is 0.0403 e. The van der Waals surface area contributed by atoms with Gasteiger partial charge in [0.25, 0.3) is 0 Å². The van der Waals surface area contributed by atoms with Gasteiger partial charge in [0.2, 0.25) is 0 Å². The Hall–Kier alpha value is -1.09. The van der Waals surface area contributed by atoms with Crippen LogP contribution in [0.1, 0.15) is 24.1 Å². The van der Waals surface area contributed by atoms with Gasteiger partial charge < -0.3 is 10.6 Å². The molecule has 1 atom stereocenters. The lowest BCUT2D eigenvalue weighted by atomic mass is 9.99. The molecule has 1 saturated heterocycles. The van der Waals surface area contributed by atoms with Gasteiger partial charge in [-0.15, -0.1) is 0 Å². The fourth-order valence-electron chi connectivity index (χ4n) is 2.17.